The van der Waals surface area contributed by atoms with Crippen LogP contribution in [0.3, 0.4) is 0 Å². The van der Waals surface area contributed by atoms with E-state index in [4.69, 9.17) is 21.7 Å². The van der Waals surface area contributed by atoms with Gasteiger partial charge in [-0.1, -0.05) is 49.2 Å². The second kappa shape index (κ2) is 8.39. The second-order valence-electron chi connectivity index (χ2n) is 6.05. The number of primary sulfonamides is 1. The average molecular weight is 422 g/mol. The molecule has 0 aliphatic heterocycles. The third-order valence-corrected chi connectivity index (χ3v) is 6.30. The van der Waals surface area contributed by atoms with Crippen LogP contribution in [0.2, 0.25) is 5.02 Å². The van der Waals surface area contributed by atoms with Crippen molar-refractivity contribution >= 4 is 38.6 Å². The maximum absolute atomic E-state index is 11.8. The lowest BCUT2D eigenvalue weighted by atomic mass is 10.1. The first-order valence-electron chi connectivity index (χ1n) is 8.51. The summed E-state index contributed by atoms with van der Waals surface area (Å²) in [5.74, 6) is 0. The molecule has 0 saturated carbocycles. The van der Waals surface area contributed by atoms with Gasteiger partial charge >= 0.3 is 0 Å². The number of thiazole rings is 1. The largest absolute Gasteiger partial charge is 0.316 e. The Hall–Kier alpha value is -1.93. The Bertz CT molecular complexity index is 1100. The molecule has 1 aromatic heterocycles. The van der Waals surface area contributed by atoms with Crippen molar-refractivity contribution in [2.24, 2.45) is 10.1 Å². The van der Waals surface area contributed by atoms with Gasteiger partial charge in [0.1, 0.15) is 4.90 Å². The first kappa shape index (κ1) is 19.8. The molecular formula is C19H20ClN3O2S2. The number of hydrogen-bond acceptors (Lipinski definition) is 4. The summed E-state index contributed by atoms with van der Waals surface area (Å²) in [5, 5.41) is 7.39. The third-order valence-electron chi connectivity index (χ3n) is 4.05. The molecule has 2 aromatic carbocycles. The van der Waals surface area contributed by atoms with Crippen LogP contribution in [0.15, 0.2) is 63.8 Å². The van der Waals surface area contributed by atoms with Crippen LogP contribution < -0.4 is 9.94 Å². The Kier molecular flexibility index (Phi) is 6.16. The molecule has 0 fully saturated rings. The van der Waals surface area contributed by atoms with E-state index in [2.05, 4.69) is 11.5 Å². The third kappa shape index (κ3) is 4.68. The molecule has 142 valence electrons. The first-order chi connectivity index (χ1) is 12.9. The number of benzene rings is 2. The van der Waals surface area contributed by atoms with Gasteiger partial charge in [0.2, 0.25) is 10.0 Å². The van der Waals surface area contributed by atoms with E-state index in [0.29, 0.717) is 0 Å². The average Bonchev–Trinajstić information content (AvgIpc) is 3.02. The van der Waals surface area contributed by atoms with Crippen LogP contribution in [-0.4, -0.2) is 13.0 Å². The van der Waals surface area contributed by atoms with Gasteiger partial charge in [-0.3, -0.25) is 0 Å². The van der Waals surface area contributed by atoms with Crippen molar-refractivity contribution in [3.8, 4) is 11.3 Å². The molecule has 5 nitrogen and oxygen atoms in total. The van der Waals surface area contributed by atoms with Crippen LogP contribution >= 0.6 is 22.9 Å². The molecule has 3 rings (SSSR count). The minimum atomic E-state index is -3.90. The summed E-state index contributed by atoms with van der Waals surface area (Å²) in [5.41, 5.74) is 2.51. The molecule has 0 aliphatic carbocycles. The van der Waals surface area contributed by atoms with Gasteiger partial charge in [-0.25, -0.2) is 18.5 Å². The Morgan fingerprint density at radius 2 is 1.93 bits per heavy atom. The number of para-hydroxylation sites is 1. The number of halogens is 1. The van der Waals surface area contributed by atoms with Gasteiger partial charge in [-0.2, -0.15) is 0 Å². The topological polar surface area (TPSA) is 77.5 Å². The van der Waals surface area contributed by atoms with Crippen molar-refractivity contribution in [3.63, 3.8) is 0 Å². The number of unbranched alkanes of at least 4 members (excludes halogenated alkanes) is 1. The molecule has 0 aliphatic rings. The summed E-state index contributed by atoms with van der Waals surface area (Å²) in [4.78, 5) is 5.53. The van der Waals surface area contributed by atoms with Crippen LogP contribution in [0.25, 0.3) is 11.3 Å². The van der Waals surface area contributed by atoms with Gasteiger partial charge < -0.3 is 4.57 Å². The molecule has 0 radical (unpaired) electrons. The summed E-state index contributed by atoms with van der Waals surface area (Å²) in [6.45, 7) is 2.91. The van der Waals surface area contributed by atoms with Crippen LogP contribution in [0.4, 0.5) is 5.69 Å². The first-order valence-corrected chi connectivity index (χ1v) is 11.3. The standard InChI is InChI=1S/C19H20ClN3O2S2/c1-2-3-11-23-17(13-26-19(23)22-15-7-5-4-6-8-15)14-9-10-16(20)18(12-14)27(21,24)25/h4-10,12-13H,2-3,11H2,1H3,(H2,21,24,25). The van der Waals surface area contributed by atoms with Gasteiger partial charge in [-0.15, -0.1) is 11.3 Å². The van der Waals surface area contributed by atoms with Crippen molar-refractivity contribution in [2.45, 2.75) is 31.2 Å². The summed E-state index contributed by atoms with van der Waals surface area (Å²) < 4.78 is 25.7. The Labute approximate surface area is 167 Å². The second-order valence-corrected chi connectivity index (χ2v) is 8.82. The van der Waals surface area contributed by atoms with E-state index < -0.39 is 10.0 Å². The Morgan fingerprint density at radius 1 is 1.19 bits per heavy atom. The van der Waals surface area contributed by atoms with Gasteiger partial charge in [0.25, 0.3) is 0 Å². The zero-order chi connectivity index (χ0) is 19.4. The molecule has 3 aromatic rings. The Morgan fingerprint density at radius 3 is 2.59 bits per heavy atom. The van der Waals surface area contributed by atoms with E-state index in [9.17, 15) is 8.42 Å². The highest BCUT2D eigenvalue weighted by molar-refractivity contribution is 7.89. The molecular weight excluding hydrogens is 402 g/mol. The van der Waals surface area contributed by atoms with E-state index in [1.54, 1.807) is 12.1 Å². The quantitative estimate of drug-likeness (QED) is 0.633. The minimum absolute atomic E-state index is 0.0727. The van der Waals surface area contributed by atoms with Gasteiger partial charge in [0, 0.05) is 17.5 Å². The minimum Gasteiger partial charge on any atom is -0.316 e. The van der Waals surface area contributed by atoms with Crippen LogP contribution in [-0.2, 0) is 16.6 Å². The fraction of sp³-hybridized carbons (Fsp3) is 0.211. The monoisotopic (exact) mass is 421 g/mol. The smallest absolute Gasteiger partial charge is 0.239 e. The summed E-state index contributed by atoms with van der Waals surface area (Å²) in [7, 11) is -3.90. The van der Waals surface area contributed by atoms with Gasteiger partial charge in [0.15, 0.2) is 4.80 Å². The summed E-state index contributed by atoms with van der Waals surface area (Å²) >= 11 is 7.54. The van der Waals surface area contributed by atoms with Crippen molar-refractivity contribution in [1.82, 2.24) is 4.57 Å². The van der Waals surface area contributed by atoms with E-state index >= 15 is 0 Å². The number of nitrogens with zero attached hydrogens (tertiary/aromatic N) is 2. The maximum Gasteiger partial charge on any atom is 0.239 e. The van der Waals surface area contributed by atoms with Crippen LogP contribution in [0, 0.1) is 0 Å². The number of aromatic nitrogens is 1. The number of hydrogen-bond donors (Lipinski definition) is 1. The molecule has 27 heavy (non-hydrogen) atoms. The fourth-order valence-electron chi connectivity index (χ4n) is 2.68. The lowest BCUT2D eigenvalue weighted by Crippen LogP contribution is -2.16. The molecule has 0 saturated heterocycles. The zero-order valence-corrected chi connectivity index (χ0v) is 17.2. The highest BCUT2D eigenvalue weighted by Gasteiger charge is 2.16. The van der Waals surface area contributed by atoms with Crippen molar-refractivity contribution in [1.29, 1.82) is 0 Å². The Balaban J connectivity index is 2.15. The number of rotatable bonds is 6. The normalized spacial score (nSPS) is 12.5. The molecule has 8 heteroatoms. The maximum atomic E-state index is 11.8. The zero-order valence-electron chi connectivity index (χ0n) is 14.8. The molecule has 0 amide bonds. The van der Waals surface area contributed by atoms with E-state index in [0.717, 1.165) is 41.1 Å². The van der Waals surface area contributed by atoms with Crippen LogP contribution in [0.5, 0.6) is 0 Å². The lowest BCUT2D eigenvalue weighted by molar-refractivity contribution is 0.598. The van der Waals surface area contributed by atoms with E-state index in [-0.39, 0.29) is 9.92 Å². The molecule has 0 bridgehead atoms. The molecule has 2 N–H and O–H groups in total. The predicted octanol–water partition coefficient (Wildman–Crippen LogP) is 4.55. The van der Waals surface area contributed by atoms with E-state index in [1.165, 1.54) is 17.4 Å². The van der Waals surface area contributed by atoms with Crippen molar-refractivity contribution in [3.05, 3.63) is 63.7 Å². The molecule has 0 atom stereocenters. The lowest BCUT2D eigenvalue weighted by Gasteiger charge is -2.10. The predicted molar refractivity (Wildman–Crippen MR) is 111 cm³/mol. The molecule has 1 heterocycles. The number of nitrogens with two attached hydrogens (primary N) is 1. The SMILES string of the molecule is CCCCn1c(-c2ccc(Cl)c(S(N)(=O)=O)c2)csc1=Nc1ccccc1. The summed E-state index contributed by atoms with van der Waals surface area (Å²) in [6, 6.07) is 14.6. The number of sulfonamides is 1. The molecule has 0 unspecified atom stereocenters. The van der Waals surface area contributed by atoms with Crippen LogP contribution in [0.1, 0.15) is 19.8 Å². The van der Waals surface area contributed by atoms with Crippen molar-refractivity contribution in [2.75, 3.05) is 0 Å². The van der Waals surface area contributed by atoms with Gasteiger partial charge in [-0.05, 0) is 30.7 Å². The van der Waals surface area contributed by atoms with E-state index in [1.807, 2.05) is 35.7 Å². The molecule has 0 spiro atoms. The summed E-state index contributed by atoms with van der Waals surface area (Å²) in [6.07, 6.45) is 2.03. The highest BCUT2D eigenvalue weighted by atomic mass is 35.5. The van der Waals surface area contributed by atoms with Gasteiger partial charge in [0.05, 0.1) is 16.4 Å². The fourth-order valence-corrected chi connectivity index (χ4v) is 4.70. The van der Waals surface area contributed by atoms with Crippen molar-refractivity contribution < 1.29 is 8.42 Å². The highest BCUT2D eigenvalue weighted by Crippen LogP contribution is 2.28.